The first-order valence-corrected chi connectivity index (χ1v) is 9.71. The van der Waals surface area contributed by atoms with Gasteiger partial charge in [-0.3, -0.25) is 4.57 Å². The molecule has 0 aromatic carbocycles. The molecule has 10 heteroatoms. The topological polar surface area (TPSA) is 116 Å². The van der Waals surface area contributed by atoms with Crippen molar-refractivity contribution in [2.24, 2.45) is 0 Å². The monoisotopic (exact) mass is 402 g/mol. The molecule has 0 bridgehead atoms. The zero-order chi connectivity index (χ0) is 20.4. The summed E-state index contributed by atoms with van der Waals surface area (Å²) in [4.78, 5) is 13.2. The Bertz CT molecular complexity index is 894. The zero-order valence-corrected chi connectivity index (χ0v) is 16.5. The molecule has 4 heterocycles. The van der Waals surface area contributed by atoms with Crippen molar-refractivity contribution in [2.45, 2.75) is 50.6 Å². The molecule has 0 aliphatic carbocycles. The summed E-state index contributed by atoms with van der Waals surface area (Å²) >= 11 is 0. The summed E-state index contributed by atoms with van der Waals surface area (Å²) in [7, 11) is 0. The first-order chi connectivity index (χ1) is 14.0. The number of aromatic nitrogens is 4. The van der Waals surface area contributed by atoms with E-state index < -0.39 is 12.0 Å². The Kier molecular flexibility index (Phi) is 5.67. The third-order valence-corrected chi connectivity index (χ3v) is 4.95. The van der Waals surface area contributed by atoms with Gasteiger partial charge in [-0.2, -0.15) is 0 Å². The van der Waals surface area contributed by atoms with Gasteiger partial charge in [0.15, 0.2) is 29.0 Å². The molecule has 2 aliphatic rings. The number of nitrogens with one attached hydrogen (secondary N) is 2. The summed E-state index contributed by atoms with van der Waals surface area (Å²) in [5.41, 5.74) is 1.29. The molecule has 2 aliphatic heterocycles. The molecule has 0 saturated carbocycles. The summed E-state index contributed by atoms with van der Waals surface area (Å²) in [5.74, 6) is 2.51. The molecule has 2 aromatic rings. The molecule has 3 N–H and O–H groups in total. The van der Waals surface area contributed by atoms with E-state index in [0.29, 0.717) is 43.0 Å². The molecular formula is C19H26N6O4. The van der Waals surface area contributed by atoms with Gasteiger partial charge in [0.25, 0.3) is 0 Å². The molecular weight excluding hydrogens is 376 g/mol. The molecule has 4 atom stereocenters. The highest BCUT2D eigenvalue weighted by atomic mass is 16.8. The van der Waals surface area contributed by atoms with Crippen LogP contribution in [0.3, 0.4) is 0 Å². The number of hydrogen-bond donors (Lipinski definition) is 3. The highest BCUT2D eigenvalue weighted by Crippen LogP contribution is 2.43. The fourth-order valence-electron chi connectivity index (χ4n) is 3.79. The lowest BCUT2D eigenvalue weighted by Gasteiger charge is -2.25. The predicted molar refractivity (Wildman–Crippen MR) is 105 cm³/mol. The average Bonchev–Trinajstić information content (AvgIpc) is 3.34. The van der Waals surface area contributed by atoms with Crippen LogP contribution in [0.2, 0.25) is 0 Å². The predicted octanol–water partition coefficient (Wildman–Crippen LogP) is 0.261. The number of anilines is 1. The van der Waals surface area contributed by atoms with Crippen molar-refractivity contribution in [1.82, 2.24) is 24.8 Å². The van der Waals surface area contributed by atoms with Gasteiger partial charge in [0, 0.05) is 26.1 Å². The Labute approximate surface area is 169 Å². The summed E-state index contributed by atoms with van der Waals surface area (Å²) in [5, 5.41) is 15.4. The number of terminal acetylenes is 1. The Morgan fingerprint density at radius 3 is 2.86 bits per heavy atom. The third-order valence-electron chi connectivity index (χ3n) is 4.95. The van der Waals surface area contributed by atoms with Gasteiger partial charge in [-0.05, 0) is 13.8 Å². The number of imidazole rings is 1. The highest BCUT2D eigenvalue weighted by Gasteiger charge is 2.55. The van der Waals surface area contributed by atoms with Crippen molar-refractivity contribution in [3.63, 3.8) is 0 Å². The van der Waals surface area contributed by atoms with Crippen LogP contribution >= 0.6 is 0 Å². The second-order valence-electron chi connectivity index (χ2n) is 7.48. The molecule has 2 fully saturated rings. The van der Waals surface area contributed by atoms with Crippen molar-refractivity contribution in [2.75, 3.05) is 31.6 Å². The Morgan fingerprint density at radius 1 is 1.24 bits per heavy atom. The Balaban J connectivity index is 1.61. The molecule has 0 spiro atoms. The largest absolute Gasteiger partial charge is 0.395 e. The summed E-state index contributed by atoms with van der Waals surface area (Å²) < 4.78 is 20.4. The Morgan fingerprint density at radius 2 is 2.07 bits per heavy atom. The van der Waals surface area contributed by atoms with E-state index in [9.17, 15) is 0 Å². The highest BCUT2D eigenvalue weighted by molar-refractivity contribution is 5.82. The number of aliphatic hydroxyl groups excluding tert-OH is 1. The van der Waals surface area contributed by atoms with Gasteiger partial charge in [-0.15, -0.1) is 12.3 Å². The average molecular weight is 402 g/mol. The molecule has 10 nitrogen and oxygen atoms in total. The van der Waals surface area contributed by atoms with E-state index in [2.05, 4.69) is 31.5 Å². The molecule has 2 saturated heterocycles. The van der Waals surface area contributed by atoms with Gasteiger partial charge >= 0.3 is 0 Å². The van der Waals surface area contributed by atoms with Crippen LogP contribution in [0.4, 0.5) is 5.82 Å². The lowest BCUT2D eigenvalue weighted by molar-refractivity contribution is -0.195. The summed E-state index contributed by atoms with van der Waals surface area (Å²) in [6.07, 6.45) is 7.85. The van der Waals surface area contributed by atoms with Crippen LogP contribution in [0.25, 0.3) is 11.2 Å². The smallest absolute Gasteiger partial charge is 0.167 e. The maximum absolute atomic E-state index is 9.03. The quantitative estimate of drug-likeness (QED) is 0.422. The van der Waals surface area contributed by atoms with Crippen LogP contribution in [0.5, 0.6) is 0 Å². The van der Waals surface area contributed by atoms with Crippen LogP contribution in [0.1, 0.15) is 26.5 Å². The minimum Gasteiger partial charge on any atom is -0.395 e. The molecule has 0 radical (unpaired) electrons. The number of ether oxygens (including phenoxy) is 3. The summed E-state index contributed by atoms with van der Waals surface area (Å²) in [6, 6.07) is 0. The van der Waals surface area contributed by atoms with E-state index in [1.807, 2.05) is 18.4 Å². The number of rotatable bonds is 8. The van der Waals surface area contributed by atoms with Gasteiger partial charge in [0.05, 0.1) is 12.9 Å². The van der Waals surface area contributed by atoms with Crippen LogP contribution in [-0.2, 0) is 14.2 Å². The van der Waals surface area contributed by atoms with E-state index in [1.165, 1.54) is 6.33 Å². The fourth-order valence-corrected chi connectivity index (χ4v) is 3.79. The van der Waals surface area contributed by atoms with Gasteiger partial charge in [0.2, 0.25) is 0 Å². The fraction of sp³-hybridized carbons (Fsp3) is 0.632. The van der Waals surface area contributed by atoms with Crippen LogP contribution in [0.15, 0.2) is 12.7 Å². The molecule has 4 rings (SSSR count). The minimum atomic E-state index is -0.708. The van der Waals surface area contributed by atoms with Gasteiger partial charge < -0.3 is 30.0 Å². The molecule has 29 heavy (non-hydrogen) atoms. The van der Waals surface area contributed by atoms with Gasteiger partial charge in [-0.1, -0.05) is 0 Å². The lowest BCUT2D eigenvalue weighted by Crippen LogP contribution is -2.38. The maximum atomic E-state index is 9.03. The second-order valence-corrected chi connectivity index (χ2v) is 7.48. The lowest BCUT2D eigenvalue weighted by atomic mass is 10.1. The van der Waals surface area contributed by atoms with E-state index in [-0.39, 0.29) is 24.9 Å². The Hall–Kier alpha value is -2.29. The number of fused-ring (bicyclic) bond motifs is 2. The van der Waals surface area contributed by atoms with Crippen LogP contribution in [0, 0.1) is 12.3 Å². The first-order valence-electron chi connectivity index (χ1n) is 9.71. The standard InChI is InChI=1S/C19H26N6O4/c1-4-5-6-21-16-13-17(23-10-22-16)25(11-24-13)18-15-14(28-19(2,3)29-15)12(27-18)9-20-7-8-26/h1,10-12,14-15,18,20,26H,5-9H2,2-3H3,(H,21,22,23)/t12-,14-,15-,18-/m1/s1. The molecule has 0 amide bonds. The van der Waals surface area contributed by atoms with E-state index in [1.54, 1.807) is 6.33 Å². The molecule has 156 valence electrons. The second kappa shape index (κ2) is 8.22. The van der Waals surface area contributed by atoms with Crippen molar-refractivity contribution < 1.29 is 19.3 Å². The van der Waals surface area contributed by atoms with Crippen molar-refractivity contribution in [3.8, 4) is 12.3 Å². The molecule has 0 unspecified atom stereocenters. The number of aliphatic hydroxyl groups is 1. The van der Waals surface area contributed by atoms with Crippen LogP contribution in [-0.4, -0.2) is 75.0 Å². The van der Waals surface area contributed by atoms with E-state index >= 15 is 0 Å². The SMILES string of the molecule is C#CCCNc1ncnc2c1ncn2[C@@H]1O[C@H](CNCCO)[C@H]2OC(C)(C)O[C@H]21. The maximum Gasteiger partial charge on any atom is 0.167 e. The van der Waals surface area contributed by atoms with Gasteiger partial charge in [-0.25, -0.2) is 15.0 Å². The van der Waals surface area contributed by atoms with E-state index in [4.69, 9.17) is 25.7 Å². The van der Waals surface area contributed by atoms with Gasteiger partial charge in [0.1, 0.15) is 24.6 Å². The number of nitrogens with zero attached hydrogens (tertiary/aromatic N) is 4. The van der Waals surface area contributed by atoms with E-state index in [0.717, 1.165) is 0 Å². The molecule has 2 aromatic heterocycles. The van der Waals surface area contributed by atoms with Crippen molar-refractivity contribution in [1.29, 1.82) is 0 Å². The normalized spacial score (nSPS) is 27.8. The van der Waals surface area contributed by atoms with Crippen molar-refractivity contribution >= 4 is 17.0 Å². The van der Waals surface area contributed by atoms with Crippen molar-refractivity contribution in [3.05, 3.63) is 12.7 Å². The minimum absolute atomic E-state index is 0.0611. The summed E-state index contributed by atoms with van der Waals surface area (Å²) in [6.45, 7) is 5.47. The zero-order valence-electron chi connectivity index (χ0n) is 16.5. The third kappa shape index (κ3) is 3.92. The number of hydrogen-bond acceptors (Lipinski definition) is 9. The van der Waals surface area contributed by atoms with Crippen LogP contribution < -0.4 is 10.6 Å². The first kappa shape index (κ1) is 20.0.